The molecule has 2 heterocycles. The van der Waals surface area contributed by atoms with Crippen molar-refractivity contribution < 1.29 is 13.2 Å². The summed E-state index contributed by atoms with van der Waals surface area (Å²) in [6.07, 6.45) is 0. The van der Waals surface area contributed by atoms with E-state index in [-0.39, 0.29) is 16.9 Å². The van der Waals surface area contributed by atoms with Crippen LogP contribution in [0, 0.1) is 11.6 Å². The van der Waals surface area contributed by atoms with Gasteiger partial charge in [-0.25, -0.2) is 8.78 Å². The Morgan fingerprint density at radius 3 is 2.46 bits per heavy atom. The number of nitrogens with zero attached hydrogens (tertiary/aromatic N) is 5. The largest absolute Gasteiger partial charge is 0.419 e. The van der Waals surface area contributed by atoms with Gasteiger partial charge < -0.3 is 8.98 Å². The smallest absolute Gasteiger partial charge is 0.247 e. The Morgan fingerprint density at radius 1 is 0.964 bits per heavy atom. The predicted molar refractivity (Wildman–Crippen MR) is 100 cm³/mol. The molecule has 0 aliphatic rings. The normalized spacial score (nSPS) is 12.3. The van der Waals surface area contributed by atoms with E-state index in [0.717, 1.165) is 0 Å². The number of rotatable bonds is 5. The standard InChI is InChI=1S/C19H15F2N5OS/c1-11(17-23-24-18(27-17)12-7-9-13(20)10-8-12)28-19-25-22-16(26(19)2)14-5-3-4-6-15(14)21/h3-11H,1-2H3/t11-/m0/s1. The maximum absolute atomic E-state index is 14.0. The van der Waals surface area contributed by atoms with Crippen LogP contribution in [0.1, 0.15) is 18.1 Å². The lowest BCUT2D eigenvalue weighted by molar-refractivity contribution is 0.508. The van der Waals surface area contributed by atoms with Crippen LogP contribution in [0.15, 0.2) is 58.1 Å². The summed E-state index contributed by atoms with van der Waals surface area (Å²) in [6.45, 7) is 1.89. The Hall–Kier alpha value is -3.07. The van der Waals surface area contributed by atoms with E-state index in [1.807, 2.05) is 6.92 Å². The van der Waals surface area contributed by atoms with E-state index in [0.29, 0.717) is 33.9 Å². The predicted octanol–water partition coefficient (Wildman–Crippen LogP) is 4.66. The number of benzene rings is 2. The monoisotopic (exact) mass is 399 g/mol. The van der Waals surface area contributed by atoms with E-state index in [1.165, 1.54) is 30.0 Å². The van der Waals surface area contributed by atoms with Crippen molar-refractivity contribution in [2.75, 3.05) is 0 Å². The second-order valence-corrected chi connectivity index (χ2v) is 7.37. The van der Waals surface area contributed by atoms with Gasteiger partial charge in [-0.15, -0.1) is 20.4 Å². The van der Waals surface area contributed by atoms with E-state index < -0.39 is 0 Å². The van der Waals surface area contributed by atoms with Gasteiger partial charge in [-0.2, -0.15) is 0 Å². The average molecular weight is 399 g/mol. The molecule has 0 bridgehead atoms. The molecule has 0 N–H and O–H groups in total. The van der Waals surface area contributed by atoms with Crippen LogP contribution in [0.4, 0.5) is 8.78 Å². The molecule has 1 atom stereocenters. The molecule has 0 spiro atoms. The van der Waals surface area contributed by atoms with Gasteiger partial charge in [0.2, 0.25) is 11.8 Å². The van der Waals surface area contributed by atoms with Crippen LogP contribution in [0.3, 0.4) is 0 Å². The summed E-state index contributed by atoms with van der Waals surface area (Å²) in [6, 6.07) is 12.2. The van der Waals surface area contributed by atoms with Gasteiger partial charge in [-0.1, -0.05) is 23.9 Å². The van der Waals surface area contributed by atoms with Gasteiger partial charge in [0.1, 0.15) is 11.6 Å². The Balaban J connectivity index is 1.54. The van der Waals surface area contributed by atoms with Crippen LogP contribution in [-0.2, 0) is 7.05 Å². The highest BCUT2D eigenvalue weighted by Crippen LogP contribution is 2.35. The average Bonchev–Trinajstić information content (AvgIpc) is 3.31. The fourth-order valence-corrected chi connectivity index (χ4v) is 3.46. The van der Waals surface area contributed by atoms with Crippen LogP contribution in [0.25, 0.3) is 22.8 Å². The minimum Gasteiger partial charge on any atom is -0.419 e. The molecule has 28 heavy (non-hydrogen) atoms. The number of hydrogen-bond donors (Lipinski definition) is 0. The first-order valence-corrected chi connectivity index (χ1v) is 9.31. The fourth-order valence-electron chi connectivity index (χ4n) is 2.61. The molecule has 0 radical (unpaired) electrons. The second kappa shape index (κ2) is 7.51. The molecular formula is C19H15F2N5OS. The van der Waals surface area contributed by atoms with Crippen LogP contribution in [-0.4, -0.2) is 25.0 Å². The highest BCUT2D eigenvalue weighted by Gasteiger charge is 2.21. The Morgan fingerprint density at radius 2 is 1.71 bits per heavy atom. The number of aromatic nitrogens is 5. The second-order valence-electron chi connectivity index (χ2n) is 6.06. The molecular weight excluding hydrogens is 384 g/mol. The minimum absolute atomic E-state index is 0.210. The molecule has 0 saturated carbocycles. The molecule has 0 saturated heterocycles. The Labute approximate surface area is 163 Å². The Kier molecular flexibility index (Phi) is 4.91. The summed E-state index contributed by atoms with van der Waals surface area (Å²) < 4.78 is 34.5. The number of halogens is 2. The van der Waals surface area contributed by atoms with Crippen LogP contribution in [0.5, 0.6) is 0 Å². The maximum Gasteiger partial charge on any atom is 0.247 e. The van der Waals surface area contributed by atoms with Crippen molar-refractivity contribution in [3.63, 3.8) is 0 Å². The van der Waals surface area contributed by atoms with Gasteiger partial charge in [0.15, 0.2) is 11.0 Å². The van der Waals surface area contributed by atoms with E-state index >= 15 is 0 Å². The molecule has 142 valence electrons. The third kappa shape index (κ3) is 3.53. The van der Waals surface area contributed by atoms with E-state index in [2.05, 4.69) is 20.4 Å². The van der Waals surface area contributed by atoms with Gasteiger partial charge in [-0.3, -0.25) is 0 Å². The molecule has 2 aromatic carbocycles. The zero-order valence-electron chi connectivity index (χ0n) is 15.0. The summed E-state index contributed by atoms with van der Waals surface area (Å²) in [4.78, 5) is 0. The van der Waals surface area contributed by atoms with Crippen molar-refractivity contribution in [1.82, 2.24) is 25.0 Å². The molecule has 9 heteroatoms. The van der Waals surface area contributed by atoms with Crippen molar-refractivity contribution in [2.45, 2.75) is 17.3 Å². The van der Waals surface area contributed by atoms with Gasteiger partial charge in [-0.05, 0) is 43.3 Å². The molecule has 0 amide bonds. The van der Waals surface area contributed by atoms with Crippen LogP contribution in [0.2, 0.25) is 0 Å². The number of thioether (sulfide) groups is 1. The van der Waals surface area contributed by atoms with Crippen molar-refractivity contribution in [3.05, 3.63) is 66.1 Å². The third-order valence-electron chi connectivity index (χ3n) is 4.11. The van der Waals surface area contributed by atoms with E-state index in [4.69, 9.17) is 4.42 Å². The Bertz CT molecular complexity index is 1110. The summed E-state index contributed by atoms with van der Waals surface area (Å²) in [5.74, 6) is 0.460. The lowest BCUT2D eigenvalue weighted by Crippen LogP contribution is -1.98. The molecule has 0 unspecified atom stereocenters. The number of hydrogen-bond acceptors (Lipinski definition) is 6. The van der Waals surface area contributed by atoms with E-state index in [1.54, 1.807) is 41.9 Å². The van der Waals surface area contributed by atoms with Crippen molar-refractivity contribution >= 4 is 11.8 Å². The van der Waals surface area contributed by atoms with Crippen LogP contribution < -0.4 is 0 Å². The maximum atomic E-state index is 14.0. The highest BCUT2D eigenvalue weighted by molar-refractivity contribution is 7.99. The summed E-state index contributed by atoms with van der Waals surface area (Å²) in [5.41, 5.74) is 1.02. The lowest BCUT2D eigenvalue weighted by atomic mass is 10.2. The van der Waals surface area contributed by atoms with Gasteiger partial charge in [0, 0.05) is 12.6 Å². The summed E-state index contributed by atoms with van der Waals surface area (Å²) in [5, 5.41) is 16.7. The zero-order chi connectivity index (χ0) is 19.7. The van der Waals surface area contributed by atoms with Crippen molar-refractivity contribution in [3.8, 4) is 22.8 Å². The van der Waals surface area contributed by atoms with Crippen LogP contribution >= 0.6 is 11.8 Å². The topological polar surface area (TPSA) is 69.6 Å². The first kappa shape index (κ1) is 18.3. The summed E-state index contributed by atoms with van der Waals surface area (Å²) >= 11 is 1.37. The molecule has 0 fully saturated rings. The minimum atomic E-state index is -0.358. The first-order valence-electron chi connectivity index (χ1n) is 8.43. The molecule has 6 nitrogen and oxygen atoms in total. The van der Waals surface area contributed by atoms with Gasteiger partial charge in [0.05, 0.1) is 10.8 Å². The SMILES string of the molecule is C[C@H](Sc1nnc(-c2ccccc2F)n1C)c1nnc(-c2ccc(F)cc2)o1. The zero-order valence-corrected chi connectivity index (χ0v) is 15.8. The quantitative estimate of drug-likeness (QED) is 0.455. The van der Waals surface area contributed by atoms with Gasteiger partial charge >= 0.3 is 0 Å². The molecule has 4 rings (SSSR count). The van der Waals surface area contributed by atoms with E-state index in [9.17, 15) is 8.78 Å². The highest BCUT2D eigenvalue weighted by atomic mass is 32.2. The molecule has 0 aliphatic heterocycles. The van der Waals surface area contributed by atoms with Crippen molar-refractivity contribution in [2.24, 2.45) is 7.05 Å². The summed E-state index contributed by atoms with van der Waals surface area (Å²) in [7, 11) is 1.77. The van der Waals surface area contributed by atoms with Crippen molar-refractivity contribution in [1.29, 1.82) is 0 Å². The molecule has 0 aliphatic carbocycles. The fraction of sp³-hybridized carbons (Fsp3) is 0.158. The third-order valence-corrected chi connectivity index (χ3v) is 5.23. The molecule has 4 aromatic rings. The lowest BCUT2D eigenvalue weighted by Gasteiger charge is -2.07. The van der Waals surface area contributed by atoms with Gasteiger partial charge in [0.25, 0.3) is 0 Å². The molecule has 2 aromatic heterocycles. The first-order chi connectivity index (χ1) is 13.5.